The molecule has 1 heteroatoms. The van der Waals surface area contributed by atoms with Crippen molar-refractivity contribution in [2.24, 2.45) is 0 Å². The van der Waals surface area contributed by atoms with E-state index in [1.807, 2.05) is 36.4 Å². The van der Waals surface area contributed by atoms with Crippen molar-refractivity contribution in [2.75, 3.05) is 0 Å². The second kappa shape index (κ2) is 7.74. The Labute approximate surface area is 91.1 Å². The van der Waals surface area contributed by atoms with Crippen molar-refractivity contribution in [1.82, 2.24) is 0 Å². The number of hydrogen-bond donors (Lipinski definition) is 0. The summed E-state index contributed by atoms with van der Waals surface area (Å²) in [5.74, 6) is 0. The third kappa shape index (κ3) is 5.63. The van der Waals surface area contributed by atoms with Gasteiger partial charge in [-0.05, 0) is 18.4 Å². The van der Waals surface area contributed by atoms with Gasteiger partial charge in [0, 0.05) is 6.42 Å². The van der Waals surface area contributed by atoms with Crippen molar-refractivity contribution in [3.63, 3.8) is 0 Å². The van der Waals surface area contributed by atoms with Gasteiger partial charge in [0.1, 0.15) is 6.29 Å². The van der Waals surface area contributed by atoms with Gasteiger partial charge in [0.15, 0.2) is 0 Å². The van der Waals surface area contributed by atoms with Crippen molar-refractivity contribution in [3.8, 4) is 0 Å². The average molecular weight is 200 g/mol. The molecule has 0 heterocycles. The minimum atomic E-state index is 0.614. The molecule has 1 nitrogen and oxygen atoms in total. The van der Waals surface area contributed by atoms with E-state index < -0.39 is 0 Å². The van der Waals surface area contributed by atoms with E-state index in [1.165, 1.54) is 5.56 Å². The first-order valence-corrected chi connectivity index (χ1v) is 5.22. The Balaban J connectivity index is 2.22. The van der Waals surface area contributed by atoms with Crippen LogP contribution in [0.15, 0.2) is 54.6 Å². The van der Waals surface area contributed by atoms with Crippen molar-refractivity contribution in [2.45, 2.75) is 19.3 Å². The number of allylic oxidation sites excluding steroid dienone is 4. The number of unbranched alkanes of at least 4 members (excludes halogenated alkanes) is 1. The van der Waals surface area contributed by atoms with Crippen LogP contribution >= 0.6 is 0 Å². The van der Waals surface area contributed by atoms with Gasteiger partial charge in [0.25, 0.3) is 0 Å². The number of hydrogen-bond acceptors (Lipinski definition) is 1. The first-order valence-electron chi connectivity index (χ1n) is 5.22. The summed E-state index contributed by atoms with van der Waals surface area (Å²) in [4.78, 5) is 10.0. The van der Waals surface area contributed by atoms with Gasteiger partial charge in [-0.15, -0.1) is 0 Å². The van der Waals surface area contributed by atoms with E-state index >= 15 is 0 Å². The Morgan fingerprint density at radius 3 is 2.40 bits per heavy atom. The zero-order valence-corrected chi connectivity index (χ0v) is 8.80. The number of carbonyl (C=O) groups is 1. The first kappa shape index (κ1) is 11.4. The summed E-state index contributed by atoms with van der Waals surface area (Å²) in [6.07, 6.45) is 11.5. The molecule has 1 rings (SSSR count). The molecule has 78 valence electrons. The van der Waals surface area contributed by atoms with E-state index in [0.29, 0.717) is 6.42 Å². The van der Waals surface area contributed by atoms with Gasteiger partial charge in [-0.25, -0.2) is 0 Å². The van der Waals surface area contributed by atoms with Crippen molar-refractivity contribution >= 4 is 6.29 Å². The molecule has 0 saturated carbocycles. The van der Waals surface area contributed by atoms with Crippen molar-refractivity contribution < 1.29 is 4.79 Å². The monoisotopic (exact) mass is 200 g/mol. The zero-order chi connectivity index (χ0) is 10.8. The normalized spacial score (nSPS) is 11.2. The molecule has 0 bridgehead atoms. The summed E-state index contributed by atoms with van der Waals surface area (Å²) in [5.41, 5.74) is 1.31. The van der Waals surface area contributed by atoms with E-state index in [-0.39, 0.29) is 0 Å². The highest BCUT2D eigenvalue weighted by Gasteiger charge is 1.84. The summed E-state index contributed by atoms with van der Waals surface area (Å²) in [6.45, 7) is 0. The third-order valence-electron chi connectivity index (χ3n) is 2.03. The van der Waals surface area contributed by atoms with Crippen LogP contribution in [0, 0.1) is 0 Å². The second-order valence-electron chi connectivity index (χ2n) is 3.29. The third-order valence-corrected chi connectivity index (χ3v) is 2.03. The largest absolute Gasteiger partial charge is 0.303 e. The molecule has 0 radical (unpaired) electrons. The second-order valence-corrected chi connectivity index (χ2v) is 3.29. The van der Waals surface area contributed by atoms with Crippen LogP contribution in [0.4, 0.5) is 0 Å². The molecular weight excluding hydrogens is 184 g/mol. The van der Waals surface area contributed by atoms with E-state index in [2.05, 4.69) is 18.2 Å². The van der Waals surface area contributed by atoms with Crippen LogP contribution in [0.2, 0.25) is 0 Å². The fourth-order valence-corrected chi connectivity index (χ4v) is 1.24. The molecular formula is C14H16O. The maximum absolute atomic E-state index is 10.0. The Hall–Kier alpha value is -1.63. The van der Waals surface area contributed by atoms with Gasteiger partial charge in [0.05, 0.1) is 0 Å². The molecule has 0 aliphatic heterocycles. The van der Waals surface area contributed by atoms with E-state index in [0.717, 1.165) is 19.1 Å². The molecule has 0 unspecified atom stereocenters. The lowest BCUT2D eigenvalue weighted by Crippen LogP contribution is -1.77. The number of rotatable bonds is 6. The molecule has 1 aromatic rings. The maximum Gasteiger partial charge on any atom is 0.120 e. The number of carbonyl (C=O) groups excluding carboxylic acids is 1. The highest BCUT2D eigenvalue weighted by molar-refractivity contribution is 5.49. The zero-order valence-electron chi connectivity index (χ0n) is 8.80. The topological polar surface area (TPSA) is 17.1 Å². The quantitative estimate of drug-likeness (QED) is 0.391. The van der Waals surface area contributed by atoms with Crippen LogP contribution in [0.1, 0.15) is 18.4 Å². The highest BCUT2D eigenvalue weighted by atomic mass is 16.1. The molecule has 1 aromatic carbocycles. The molecule has 0 fully saturated rings. The van der Waals surface area contributed by atoms with E-state index in [4.69, 9.17) is 0 Å². The summed E-state index contributed by atoms with van der Waals surface area (Å²) in [7, 11) is 0. The average Bonchev–Trinajstić information content (AvgIpc) is 2.29. The fraction of sp³-hybridized carbons (Fsp3) is 0.214. The van der Waals surface area contributed by atoms with Crippen molar-refractivity contribution in [3.05, 3.63) is 60.2 Å². The van der Waals surface area contributed by atoms with Crippen LogP contribution < -0.4 is 0 Å². The van der Waals surface area contributed by atoms with E-state index in [1.54, 1.807) is 0 Å². The molecule has 0 atom stereocenters. The minimum absolute atomic E-state index is 0.614. The Morgan fingerprint density at radius 2 is 1.67 bits per heavy atom. The maximum atomic E-state index is 10.0. The fourth-order valence-electron chi connectivity index (χ4n) is 1.24. The molecule has 0 saturated heterocycles. The molecule has 0 N–H and O–H groups in total. The van der Waals surface area contributed by atoms with Gasteiger partial charge >= 0.3 is 0 Å². The summed E-state index contributed by atoms with van der Waals surface area (Å²) in [6, 6.07) is 10.3. The lowest BCUT2D eigenvalue weighted by atomic mass is 10.1. The molecule has 0 amide bonds. The lowest BCUT2D eigenvalue weighted by molar-refractivity contribution is -0.107. The first-order chi connectivity index (χ1) is 7.43. The Kier molecular flexibility index (Phi) is 5.91. The Morgan fingerprint density at radius 1 is 0.933 bits per heavy atom. The number of aldehydes is 1. The standard InChI is InChI=1S/C14H16O/c15-13-9-4-2-1-3-6-10-14-11-7-5-8-12-14/h1-3,5-8,11-13H,4,9-10H2/b2-1+,6-3+. The van der Waals surface area contributed by atoms with Crippen molar-refractivity contribution in [1.29, 1.82) is 0 Å². The van der Waals surface area contributed by atoms with Gasteiger partial charge in [-0.2, -0.15) is 0 Å². The van der Waals surface area contributed by atoms with Crippen LogP contribution in [0.5, 0.6) is 0 Å². The van der Waals surface area contributed by atoms with E-state index in [9.17, 15) is 4.79 Å². The minimum Gasteiger partial charge on any atom is -0.303 e. The molecule has 0 aliphatic carbocycles. The Bertz CT molecular complexity index is 322. The number of benzene rings is 1. The van der Waals surface area contributed by atoms with Crippen LogP contribution in [0.25, 0.3) is 0 Å². The van der Waals surface area contributed by atoms with Gasteiger partial charge in [0.2, 0.25) is 0 Å². The molecule has 0 spiro atoms. The highest BCUT2D eigenvalue weighted by Crippen LogP contribution is 2.00. The van der Waals surface area contributed by atoms with Gasteiger partial charge < -0.3 is 4.79 Å². The predicted octanol–water partition coefficient (Wildman–Crippen LogP) is 3.32. The van der Waals surface area contributed by atoms with Crippen LogP contribution in [0.3, 0.4) is 0 Å². The summed E-state index contributed by atoms with van der Waals surface area (Å²) in [5, 5.41) is 0. The van der Waals surface area contributed by atoms with Gasteiger partial charge in [-0.3, -0.25) is 0 Å². The summed E-state index contributed by atoms with van der Waals surface area (Å²) < 4.78 is 0. The van der Waals surface area contributed by atoms with Crippen LogP contribution in [-0.4, -0.2) is 6.29 Å². The smallest absolute Gasteiger partial charge is 0.120 e. The molecule has 0 aliphatic rings. The van der Waals surface area contributed by atoms with Crippen LogP contribution in [-0.2, 0) is 11.2 Å². The molecule has 15 heavy (non-hydrogen) atoms. The van der Waals surface area contributed by atoms with Gasteiger partial charge in [-0.1, -0.05) is 54.6 Å². The SMILES string of the molecule is O=CCC/C=C/C=C/Cc1ccccc1. The molecule has 0 aromatic heterocycles. The predicted molar refractivity (Wildman–Crippen MR) is 63.7 cm³/mol. The summed E-state index contributed by atoms with van der Waals surface area (Å²) >= 11 is 0. The lowest BCUT2D eigenvalue weighted by Gasteiger charge is -1.92.